The minimum Gasteiger partial charge on any atom is -0.384 e. The van der Waals surface area contributed by atoms with Crippen molar-refractivity contribution in [2.75, 3.05) is 5.73 Å². The highest BCUT2D eigenvalue weighted by Crippen LogP contribution is 2.11. The van der Waals surface area contributed by atoms with Crippen LogP contribution in [-0.4, -0.2) is 9.97 Å². The Balaban J connectivity index is 2.20. The maximum Gasteiger partial charge on any atom is 0.135 e. The summed E-state index contributed by atoms with van der Waals surface area (Å²) < 4.78 is 12.8. The van der Waals surface area contributed by atoms with Gasteiger partial charge in [-0.2, -0.15) is 0 Å². The number of hydrogen-bond acceptors (Lipinski definition) is 3. The molecule has 0 radical (unpaired) electrons. The number of halogens is 1. The van der Waals surface area contributed by atoms with E-state index in [0.717, 1.165) is 24.1 Å². The summed E-state index contributed by atoms with van der Waals surface area (Å²) in [5.74, 6) is 0.939. The van der Waals surface area contributed by atoms with E-state index >= 15 is 0 Å². The Morgan fingerprint density at radius 3 is 2.56 bits per heavy atom. The number of aromatic nitrogens is 2. The molecule has 0 spiro atoms. The smallest absolute Gasteiger partial charge is 0.135 e. The zero-order valence-electron chi connectivity index (χ0n) is 10.4. The third-order valence-electron chi connectivity index (χ3n) is 2.63. The zero-order valence-corrected chi connectivity index (χ0v) is 10.4. The van der Waals surface area contributed by atoms with Gasteiger partial charge in [0, 0.05) is 18.2 Å². The van der Waals surface area contributed by atoms with Crippen LogP contribution in [0, 0.1) is 5.82 Å². The summed E-state index contributed by atoms with van der Waals surface area (Å²) >= 11 is 0. The lowest BCUT2D eigenvalue weighted by molar-refractivity contribution is 0.627. The Morgan fingerprint density at radius 1 is 1.17 bits per heavy atom. The van der Waals surface area contributed by atoms with Gasteiger partial charge < -0.3 is 5.73 Å². The molecule has 2 N–H and O–H groups in total. The van der Waals surface area contributed by atoms with E-state index in [1.54, 1.807) is 18.2 Å². The van der Waals surface area contributed by atoms with Crippen molar-refractivity contribution in [3.05, 3.63) is 53.2 Å². The fourth-order valence-electron chi connectivity index (χ4n) is 1.82. The number of nitrogens with zero attached hydrogens (tertiary/aromatic N) is 2. The minimum absolute atomic E-state index is 0.237. The molecule has 1 heterocycles. The van der Waals surface area contributed by atoms with Crippen molar-refractivity contribution < 1.29 is 4.39 Å². The van der Waals surface area contributed by atoms with Crippen molar-refractivity contribution in [1.82, 2.24) is 9.97 Å². The minimum atomic E-state index is -0.237. The first-order valence-electron chi connectivity index (χ1n) is 6.04. The molecule has 0 aliphatic carbocycles. The van der Waals surface area contributed by atoms with Crippen LogP contribution in [0.15, 0.2) is 30.3 Å². The van der Waals surface area contributed by atoms with Crippen LogP contribution in [0.25, 0.3) is 0 Å². The van der Waals surface area contributed by atoms with Crippen molar-refractivity contribution in [2.24, 2.45) is 0 Å². The van der Waals surface area contributed by atoms with Gasteiger partial charge >= 0.3 is 0 Å². The highest BCUT2D eigenvalue weighted by molar-refractivity contribution is 5.31. The summed E-state index contributed by atoms with van der Waals surface area (Å²) in [4.78, 5) is 8.66. The third-order valence-corrected chi connectivity index (χ3v) is 2.63. The van der Waals surface area contributed by atoms with Gasteiger partial charge in [-0.25, -0.2) is 14.4 Å². The number of rotatable bonds is 4. The molecular weight excluding hydrogens is 229 g/mol. The van der Waals surface area contributed by atoms with Crippen molar-refractivity contribution in [3.8, 4) is 0 Å². The average Bonchev–Trinajstić information content (AvgIpc) is 2.32. The lowest BCUT2D eigenvalue weighted by Gasteiger charge is -2.05. The predicted molar refractivity (Wildman–Crippen MR) is 69.6 cm³/mol. The molecule has 2 rings (SSSR count). The monoisotopic (exact) mass is 245 g/mol. The van der Waals surface area contributed by atoms with Gasteiger partial charge in [0.2, 0.25) is 0 Å². The number of benzene rings is 1. The van der Waals surface area contributed by atoms with E-state index in [9.17, 15) is 4.39 Å². The van der Waals surface area contributed by atoms with Gasteiger partial charge in [0.15, 0.2) is 0 Å². The zero-order chi connectivity index (χ0) is 13.0. The van der Waals surface area contributed by atoms with Crippen molar-refractivity contribution in [3.63, 3.8) is 0 Å². The van der Waals surface area contributed by atoms with Gasteiger partial charge in [-0.05, 0) is 24.1 Å². The van der Waals surface area contributed by atoms with E-state index in [1.165, 1.54) is 12.1 Å². The van der Waals surface area contributed by atoms with Crippen LogP contribution in [0.2, 0.25) is 0 Å². The Kier molecular flexibility index (Phi) is 3.87. The summed E-state index contributed by atoms with van der Waals surface area (Å²) in [6.07, 6.45) is 2.48. The molecular formula is C14H16FN3. The second-order valence-corrected chi connectivity index (χ2v) is 4.25. The quantitative estimate of drug-likeness (QED) is 0.901. The molecule has 0 amide bonds. The number of aryl methyl sites for hydroxylation is 1. The SMILES string of the molecule is CCCc1cc(N)nc(Cc2ccc(F)cc2)n1. The van der Waals surface area contributed by atoms with Gasteiger partial charge in [-0.3, -0.25) is 0 Å². The summed E-state index contributed by atoms with van der Waals surface area (Å²) in [7, 11) is 0. The van der Waals surface area contributed by atoms with Crippen molar-refractivity contribution >= 4 is 5.82 Å². The maximum atomic E-state index is 12.8. The topological polar surface area (TPSA) is 51.8 Å². The van der Waals surface area contributed by atoms with E-state index in [-0.39, 0.29) is 5.82 Å². The number of nitrogens with two attached hydrogens (primary N) is 1. The first-order valence-corrected chi connectivity index (χ1v) is 6.04. The van der Waals surface area contributed by atoms with Crippen LogP contribution >= 0.6 is 0 Å². The number of hydrogen-bond donors (Lipinski definition) is 1. The summed E-state index contributed by atoms with van der Waals surface area (Å²) in [5, 5.41) is 0. The van der Waals surface area contributed by atoms with Gasteiger partial charge in [0.05, 0.1) is 0 Å². The first kappa shape index (κ1) is 12.5. The van der Waals surface area contributed by atoms with Crippen LogP contribution in [-0.2, 0) is 12.8 Å². The molecule has 1 aromatic carbocycles. The van der Waals surface area contributed by atoms with E-state index in [0.29, 0.717) is 18.1 Å². The van der Waals surface area contributed by atoms with E-state index in [4.69, 9.17) is 5.73 Å². The van der Waals surface area contributed by atoms with Crippen LogP contribution in [0.5, 0.6) is 0 Å². The van der Waals surface area contributed by atoms with E-state index in [2.05, 4.69) is 16.9 Å². The van der Waals surface area contributed by atoms with Crippen LogP contribution in [0.4, 0.5) is 10.2 Å². The molecule has 18 heavy (non-hydrogen) atoms. The normalized spacial score (nSPS) is 10.6. The van der Waals surface area contributed by atoms with Gasteiger partial charge in [-0.1, -0.05) is 25.5 Å². The molecule has 0 bridgehead atoms. The Bertz CT molecular complexity index is 523. The molecule has 0 unspecified atom stereocenters. The lowest BCUT2D eigenvalue weighted by Crippen LogP contribution is -2.04. The Morgan fingerprint density at radius 2 is 1.89 bits per heavy atom. The average molecular weight is 245 g/mol. The highest BCUT2D eigenvalue weighted by atomic mass is 19.1. The summed E-state index contributed by atoms with van der Waals surface area (Å²) in [5.41, 5.74) is 7.69. The fourth-order valence-corrected chi connectivity index (χ4v) is 1.82. The molecule has 2 aromatic rings. The second-order valence-electron chi connectivity index (χ2n) is 4.25. The molecule has 1 aromatic heterocycles. The molecule has 4 heteroatoms. The molecule has 94 valence electrons. The van der Waals surface area contributed by atoms with Gasteiger partial charge in [-0.15, -0.1) is 0 Å². The van der Waals surface area contributed by atoms with Gasteiger partial charge in [0.1, 0.15) is 17.5 Å². The van der Waals surface area contributed by atoms with Gasteiger partial charge in [0.25, 0.3) is 0 Å². The highest BCUT2D eigenvalue weighted by Gasteiger charge is 2.04. The first-order chi connectivity index (χ1) is 8.67. The fraction of sp³-hybridized carbons (Fsp3) is 0.286. The molecule has 0 fully saturated rings. The molecule has 3 nitrogen and oxygen atoms in total. The summed E-state index contributed by atoms with van der Waals surface area (Å²) in [6, 6.07) is 8.16. The standard InChI is InChI=1S/C14H16FN3/c1-2-3-12-9-13(16)18-14(17-12)8-10-4-6-11(15)7-5-10/h4-7,9H,2-3,8H2,1H3,(H2,16,17,18). The maximum absolute atomic E-state index is 12.8. The van der Waals surface area contributed by atoms with Crippen LogP contribution in [0.1, 0.15) is 30.4 Å². The largest absolute Gasteiger partial charge is 0.384 e. The Hall–Kier alpha value is -1.97. The molecule has 0 saturated carbocycles. The van der Waals surface area contributed by atoms with E-state index < -0.39 is 0 Å². The Labute approximate surface area is 106 Å². The van der Waals surface area contributed by atoms with Crippen molar-refractivity contribution in [2.45, 2.75) is 26.2 Å². The van der Waals surface area contributed by atoms with E-state index in [1.807, 2.05) is 0 Å². The predicted octanol–water partition coefficient (Wildman–Crippen LogP) is 2.74. The summed E-state index contributed by atoms with van der Waals surface area (Å²) in [6.45, 7) is 2.10. The molecule has 0 aliphatic rings. The van der Waals surface area contributed by atoms with Crippen LogP contribution < -0.4 is 5.73 Å². The molecule has 0 saturated heterocycles. The lowest BCUT2D eigenvalue weighted by atomic mass is 10.1. The molecule has 0 aliphatic heterocycles. The van der Waals surface area contributed by atoms with Crippen molar-refractivity contribution in [1.29, 1.82) is 0 Å². The number of anilines is 1. The number of nitrogen functional groups attached to an aromatic ring is 1. The third kappa shape index (κ3) is 3.26. The van der Waals surface area contributed by atoms with Crippen LogP contribution in [0.3, 0.4) is 0 Å². The molecule has 0 atom stereocenters. The second kappa shape index (κ2) is 5.58.